The lowest BCUT2D eigenvalue weighted by Gasteiger charge is -2.33. The van der Waals surface area contributed by atoms with Crippen molar-refractivity contribution in [1.29, 1.82) is 0 Å². The van der Waals surface area contributed by atoms with Crippen LogP contribution in [-0.2, 0) is 0 Å². The van der Waals surface area contributed by atoms with Gasteiger partial charge < -0.3 is 9.80 Å². The highest BCUT2D eigenvalue weighted by Crippen LogP contribution is 2.47. The molecule has 4 heteroatoms. The van der Waals surface area contributed by atoms with Crippen molar-refractivity contribution >= 4 is 35.5 Å². The smallest absolute Gasteiger partial charge is 0.0553 e. The van der Waals surface area contributed by atoms with Gasteiger partial charge in [0.2, 0.25) is 0 Å². The molecule has 0 aromatic heterocycles. The Hall–Kier alpha value is -1.16. The summed E-state index contributed by atoms with van der Waals surface area (Å²) in [5, 5.41) is 0. The van der Waals surface area contributed by atoms with Crippen molar-refractivity contribution in [3.05, 3.63) is 48.5 Å². The molecule has 0 aliphatic carbocycles. The number of nitrogens with zero attached hydrogens (tertiary/aromatic N) is 2. The number of rotatable bonds is 3. The van der Waals surface area contributed by atoms with Crippen molar-refractivity contribution in [2.45, 2.75) is 22.6 Å². The Kier molecular flexibility index (Phi) is 4.97. The highest BCUT2D eigenvalue weighted by atomic mass is 35.5. The van der Waals surface area contributed by atoms with Gasteiger partial charge in [0.15, 0.2) is 0 Å². The van der Waals surface area contributed by atoms with E-state index in [1.807, 2.05) is 11.8 Å². The molecule has 2 nitrogen and oxygen atoms in total. The van der Waals surface area contributed by atoms with Crippen LogP contribution in [0.1, 0.15) is 12.8 Å². The number of hydrogen-bond acceptors (Lipinski definition) is 3. The van der Waals surface area contributed by atoms with Crippen LogP contribution in [0.3, 0.4) is 0 Å². The summed E-state index contributed by atoms with van der Waals surface area (Å²) < 4.78 is 0. The molecule has 116 valence electrons. The molecular weight excluding hydrogens is 312 g/mol. The van der Waals surface area contributed by atoms with Gasteiger partial charge in [-0.1, -0.05) is 36.0 Å². The number of fused-ring (bicyclic) bond motifs is 2. The van der Waals surface area contributed by atoms with E-state index in [1.165, 1.54) is 47.1 Å². The Morgan fingerprint density at radius 3 is 1.91 bits per heavy atom. The highest BCUT2D eigenvalue weighted by Gasteiger charge is 2.23. The lowest BCUT2D eigenvalue weighted by atomic mass is 10.2. The van der Waals surface area contributed by atoms with Crippen LogP contribution < -0.4 is 4.90 Å². The van der Waals surface area contributed by atoms with Crippen LogP contribution in [0.2, 0.25) is 0 Å². The van der Waals surface area contributed by atoms with E-state index >= 15 is 0 Å². The first-order valence-corrected chi connectivity index (χ1v) is 8.59. The summed E-state index contributed by atoms with van der Waals surface area (Å²) in [5.74, 6) is 0. The standard InChI is InChI=1S/C18H20N2S.ClH/c1-3-9-17-15(7-1)20(14-13-19-11-5-6-12-19)16-8-2-4-10-18(16)21-17;/h1-4,7-10H,5-6,11-14H2;1H. The minimum atomic E-state index is 0. The summed E-state index contributed by atoms with van der Waals surface area (Å²) in [6, 6.07) is 17.5. The van der Waals surface area contributed by atoms with Crippen LogP contribution in [0.15, 0.2) is 58.3 Å². The third-order valence-corrected chi connectivity index (χ3v) is 5.50. The fraction of sp³-hybridized carbons (Fsp3) is 0.333. The maximum absolute atomic E-state index is 2.59. The van der Waals surface area contributed by atoms with Crippen LogP contribution in [-0.4, -0.2) is 31.1 Å². The van der Waals surface area contributed by atoms with Gasteiger partial charge in [0.05, 0.1) is 11.4 Å². The molecule has 0 unspecified atom stereocenters. The van der Waals surface area contributed by atoms with Crippen molar-refractivity contribution < 1.29 is 0 Å². The van der Waals surface area contributed by atoms with E-state index in [9.17, 15) is 0 Å². The van der Waals surface area contributed by atoms with Gasteiger partial charge in [-0.25, -0.2) is 0 Å². The molecule has 2 aromatic rings. The van der Waals surface area contributed by atoms with Crippen LogP contribution in [0.4, 0.5) is 11.4 Å². The zero-order chi connectivity index (χ0) is 14.1. The van der Waals surface area contributed by atoms with Crippen LogP contribution in [0.5, 0.6) is 0 Å². The zero-order valence-electron chi connectivity index (χ0n) is 12.6. The predicted octanol–water partition coefficient (Wildman–Crippen LogP) is 4.81. The summed E-state index contributed by atoms with van der Waals surface area (Å²) in [5.41, 5.74) is 2.72. The van der Waals surface area contributed by atoms with Gasteiger partial charge in [0, 0.05) is 22.9 Å². The molecule has 1 fully saturated rings. The molecule has 4 rings (SSSR count). The zero-order valence-corrected chi connectivity index (χ0v) is 14.2. The van der Waals surface area contributed by atoms with Gasteiger partial charge in [0.25, 0.3) is 0 Å². The average molecular weight is 333 g/mol. The summed E-state index contributed by atoms with van der Waals surface area (Å²) in [7, 11) is 0. The number of likely N-dealkylation sites (tertiary alicyclic amines) is 1. The molecule has 2 aromatic carbocycles. The molecular formula is C18H21ClN2S. The van der Waals surface area contributed by atoms with E-state index in [4.69, 9.17) is 0 Å². The molecule has 2 aliphatic rings. The summed E-state index contributed by atoms with van der Waals surface area (Å²) in [4.78, 5) is 7.84. The van der Waals surface area contributed by atoms with E-state index in [-0.39, 0.29) is 12.4 Å². The second-order valence-corrected chi connectivity index (χ2v) is 6.82. The van der Waals surface area contributed by atoms with Gasteiger partial charge in [-0.3, -0.25) is 0 Å². The Labute approximate surface area is 142 Å². The lowest BCUT2D eigenvalue weighted by Crippen LogP contribution is -2.32. The molecule has 0 saturated carbocycles. The molecule has 0 radical (unpaired) electrons. The second kappa shape index (κ2) is 6.95. The van der Waals surface area contributed by atoms with Gasteiger partial charge in [-0.05, 0) is 50.2 Å². The minimum absolute atomic E-state index is 0. The molecule has 22 heavy (non-hydrogen) atoms. The molecule has 2 aliphatic heterocycles. The number of benzene rings is 2. The Morgan fingerprint density at radius 2 is 1.32 bits per heavy atom. The molecule has 1 saturated heterocycles. The van der Waals surface area contributed by atoms with Gasteiger partial charge >= 0.3 is 0 Å². The first kappa shape index (κ1) is 15.7. The molecule has 0 N–H and O–H groups in total. The van der Waals surface area contributed by atoms with Crippen molar-refractivity contribution in [3.8, 4) is 0 Å². The van der Waals surface area contributed by atoms with Crippen molar-refractivity contribution in [2.24, 2.45) is 0 Å². The molecule has 2 heterocycles. The van der Waals surface area contributed by atoms with Crippen LogP contribution in [0.25, 0.3) is 0 Å². The highest BCUT2D eigenvalue weighted by molar-refractivity contribution is 7.99. The normalized spacial score (nSPS) is 16.8. The maximum atomic E-state index is 2.59. The second-order valence-electron chi connectivity index (χ2n) is 5.74. The topological polar surface area (TPSA) is 6.48 Å². The Bertz CT molecular complexity index is 595. The molecule has 0 spiro atoms. The monoisotopic (exact) mass is 332 g/mol. The summed E-state index contributed by atoms with van der Waals surface area (Å²) in [6.45, 7) is 4.78. The van der Waals surface area contributed by atoms with E-state index in [0.717, 1.165) is 13.1 Å². The average Bonchev–Trinajstić information content (AvgIpc) is 3.05. The van der Waals surface area contributed by atoms with Crippen molar-refractivity contribution in [3.63, 3.8) is 0 Å². The van der Waals surface area contributed by atoms with Gasteiger partial charge in [0.1, 0.15) is 0 Å². The quantitative estimate of drug-likeness (QED) is 0.796. The predicted molar refractivity (Wildman–Crippen MR) is 96.9 cm³/mol. The number of hydrogen-bond donors (Lipinski definition) is 0. The largest absolute Gasteiger partial charge is 0.338 e. The van der Waals surface area contributed by atoms with E-state index in [1.54, 1.807) is 0 Å². The third-order valence-electron chi connectivity index (χ3n) is 4.37. The van der Waals surface area contributed by atoms with Crippen LogP contribution in [0, 0.1) is 0 Å². The first-order chi connectivity index (χ1) is 10.4. The minimum Gasteiger partial charge on any atom is -0.338 e. The number of anilines is 2. The molecule has 0 bridgehead atoms. The van der Waals surface area contributed by atoms with E-state index < -0.39 is 0 Å². The van der Waals surface area contributed by atoms with Gasteiger partial charge in [-0.15, -0.1) is 12.4 Å². The summed E-state index contributed by atoms with van der Waals surface area (Å²) in [6.07, 6.45) is 2.73. The fourth-order valence-electron chi connectivity index (χ4n) is 3.27. The molecule has 0 amide bonds. The van der Waals surface area contributed by atoms with E-state index in [0.29, 0.717) is 0 Å². The number of para-hydroxylation sites is 2. The third kappa shape index (κ3) is 2.98. The Morgan fingerprint density at radius 1 is 0.773 bits per heavy atom. The first-order valence-electron chi connectivity index (χ1n) is 7.78. The Balaban J connectivity index is 0.00000144. The number of halogens is 1. The van der Waals surface area contributed by atoms with Crippen molar-refractivity contribution in [1.82, 2.24) is 4.90 Å². The SMILES string of the molecule is Cl.c1ccc2c(c1)Sc1ccccc1N2CCN1CCCC1. The maximum Gasteiger partial charge on any atom is 0.0553 e. The fourth-order valence-corrected chi connectivity index (χ4v) is 4.37. The van der Waals surface area contributed by atoms with Crippen LogP contribution >= 0.6 is 24.2 Å². The van der Waals surface area contributed by atoms with E-state index in [2.05, 4.69) is 58.3 Å². The summed E-state index contributed by atoms with van der Waals surface area (Å²) >= 11 is 1.89. The molecule has 0 atom stereocenters. The van der Waals surface area contributed by atoms with Crippen molar-refractivity contribution in [2.75, 3.05) is 31.1 Å². The lowest BCUT2D eigenvalue weighted by molar-refractivity contribution is 0.348. The van der Waals surface area contributed by atoms with Gasteiger partial charge in [-0.2, -0.15) is 0 Å².